The Morgan fingerprint density at radius 2 is 1.96 bits per heavy atom. The summed E-state index contributed by atoms with van der Waals surface area (Å²) in [5, 5.41) is 5.61. The van der Waals surface area contributed by atoms with Crippen LogP contribution in [0.5, 0.6) is 0 Å². The van der Waals surface area contributed by atoms with Crippen molar-refractivity contribution in [3.8, 4) is 0 Å². The first-order chi connectivity index (χ1) is 11.8. The lowest BCUT2D eigenvalue weighted by Gasteiger charge is -2.13. The second kappa shape index (κ2) is 8.89. The van der Waals surface area contributed by atoms with Crippen LogP contribution in [0.3, 0.4) is 0 Å². The van der Waals surface area contributed by atoms with Gasteiger partial charge in [-0.2, -0.15) is 0 Å². The molecule has 0 aliphatic heterocycles. The molecule has 0 bridgehead atoms. The molecule has 2 N–H and O–H groups in total. The maximum absolute atomic E-state index is 11.9. The molecule has 1 atom stereocenters. The number of carbonyl (C=O) groups excluding carboxylic acids is 3. The lowest BCUT2D eigenvalue weighted by molar-refractivity contribution is -0.152. The molecule has 0 saturated heterocycles. The summed E-state index contributed by atoms with van der Waals surface area (Å²) < 4.78 is 5.07. The number of benzene rings is 1. The fourth-order valence-electron chi connectivity index (χ4n) is 2.20. The summed E-state index contributed by atoms with van der Waals surface area (Å²) in [6.07, 6.45) is 1.16. The molecule has 0 unspecified atom stereocenters. The van der Waals surface area contributed by atoms with Crippen LogP contribution in [0.1, 0.15) is 30.9 Å². The molecular formula is C18H24N2O4S. The van der Waals surface area contributed by atoms with Gasteiger partial charge >= 0.3 is 5.97 Å². The van der Waals surface area contributed by atoms with Gasteiger partial charge in [0.1, 0.15) is 0 Å². The van der Waals surface area contributed by atoms with Crippen LogP contribution in [0.25, 0.3) is 0 Å². The van der Waals surface area contributed by atoms with Gasteiger partial charge in [0.15, 0.2) is 6.10 Å². The van der Waals surface area contributed by atoms with E-state index in [1.807, 2.05) is 32.0 Å². The molecule has 2 rings (SSSR count). The minimum absolute atomic E-state index is 0.0291. The van der Waals surface area contributed by atoms with Crippen molar-refractivity contribution in [1.29, 1.82) is 0 Å². The summed E-state index contributed by atoms with van der Waals surface area (Å²) in [5.41, 5.74) is 2.89. The summed E-state index contributed by atoms with van der Waals surface area (Å²) >= 11 is 1.16. The first kappa shape index (κ1) is 19.3. The lowest BCUT2D eigenvalue weighted by atomic mass is 10.1. The van der Waals surface area contributed by atoms with E-state index in [0.717, 1.165) is 41.4 Å². The van der Waals surface area contributed by atoms with Crippen LogP contribution in [0.4, 0.5) is 5.69 Å². The topological polar surface area (TPSA) is 84.5 Å². The van der Waals surface area contributed by atoms with Gasteiger partial charge in [-0.15, -0.1) is 11.8 Å². The molecular weight excluding hydrogens is 340 g/mol. The molecule has 0 radical (unpaired) electrons. The molecule has 1 aliphatic carbocycles. The zero-order chi connectivity index (χ0) is 18.4. The van der Waals surface area contributed by atoms with Crippen LogP contribution in [-0.2, 0) is 19.1 Å². The molecule has 1 aromatic rings. The summed E-state index contributed by atoms with van der Waals surface area (Å²) in [6, 6.07) is 6.02. The standard InChI is InChI=1S/C18H24N2O4S/c1-11-4-7-15(12(2)8-11)20-16(21)9-25-10-17(22)24-13(3)18(23)19-14-5-6-14/h4,7-8,13-14H,5-6,9-10H2,1-3H3,(H,19,23)(H,20,21)/t13-/m0/s1. The van der Waals surface area contributed by atoms with Crippen molar-refractivity contribution in [3.05, 3.63) is 29.3 Å². The minimum atomic E-state index is -0.808. The van der Waals surface area contributed by atoms with Gasteiger partial charge in [0.2, 0.25) is 5.91 Å². The van der Waals surface area contributed by atoms with Gasteiger partial charge in [-0.25, -0.2) is 0 Å². The van der Waals surface area contributed by atoms with Crippen molar-refractivity contribution in [2.45, 2.75) is 45.8 Å². The Balaban J connectivity index is 1.65. The smallest absolute Gasteiger partial charge is 0.316 e. The Kier molecular flexibility index (Phi) is 6.87. The number of amides is 2. The van der Waals surface area contributed by atoms with Gasteiger partial charge < -0.3 is 15.4 Å². The van der Waals surface area contributed by atoms with Gasteiger partial charge in [-0.3, -0.25) is 14.4 Å². The van der Waals surface area contributed by atoms with Gasteiger partial charge in [0.05, 0.1) is 11.5 Å². The Morgan fingerprint density at radius 1 is 1.24 bits per heavy atom. The summed E-state index contributed by atoms with van der Waals surface area (Å²) in [4.78, 5) is 35.4. The number of hydrogen-bond acceptors (Lipinski definition) is 5. The fourth-order valence-corrected chi connectivity index (χ4v) is 2.79. The largest absolute Gasteiger partial charge is 0.452 e. The molecule has 0 heterocycles. The van der Waals surface area contributed by atoms with Crippen LogP contribution in [-0.4, -0.2) is 41.4 Å². The maximum Gasteiger partial charge on any atom is 0.316 e. The highest BCUT2D eigenvalue weighted by atomic mass is 32.2. The van der Waals surface area contributed by atoms with E-state index in [1.165, 1.54) is 0 Å². The zero-order valence-corrected chi connectivity index (χ0v) is 15.6. The third kappa shape index (κ3) is 6.78. The number of thioether (sulfide) groups is 1. The van der Waals surface area contributed by atoms with Crippen molar-refractivity contribution >= 4 is 35.2 Å². The molecule has 7 heteroatoms. The van der Waals surface area contributed by atoms with Gasteiger partial charge in [-0.05, 0) is 45.2 Å². The third-order valence-electron chi connectivity index (χ3n) is 3.71. The summed E-state index contributed by atoms with van der Waals surface area (Å²) in [7, 11) is 0. The lowest BCUT2D eigenvalue weighted by Crippen LogP contribution is -2.37. The van der Waals surface area contributed by atoms with Crippen LogP contribution in [0.15, 0.2) is 18.2 Å². The molecule has 1 fully saturated rings. The number of carbonyl (C=O) groups is 3. The van der Waals surface area contributed by atoms with Crippen molar-refractivity contribution in [1.82, 2.24) is 5.32 Å². The monoisotopic (exact) mass is 364 g/mol. The highest BCUT2D eigenvalue weighted by Crippen LogP contribution is 2.19. The first-order valence-corrected chi connectivity index (χ1v) is 9.45. The molecule has 6 nitrogen and oxygen atoms in total. The normalized spacial score (nSPS) is 14.5. The van der Waals surface area contributed by atoms with E-state index in [2.05, 4.69) is 10.6 Å². The Morgan fingerprint density at radius 3 is 2.60 bits per heavy atom. The second-order valence-corrected chi connectivity index (χ2v) is 7.26. The SMILES string of the molecule is Cc1ccc(NC(=O)CSCC(=O)O[C@@H](C)C(=O)NC2CC2)c(C)c1. The van der Waals surface area contributed by atoms with E-state index in [0.29, 0.717) is 0 Å². The van der Waals surface area contributed by atoms with Crippen molar-refractivity contribution in [2.24, 2.45) is 0 Å². The summed E-state index contributed by atoms with van der Waals surface area (Å²) in [5.74, 6) is -0.771. The Bertz CT molecular complexity index is 658. The summed E-state index contributed by atoms with van der Waals surface area (Å²) in [6.45, 7) is 5.47. The van der Waals surface area contributed by atoms with Crippen LogP contribution < -0.4 is 10.6 Å². The van der Waals surface area contributed by atoms with E-state index < -0.39 is 12.1 Å². The van der Waals surface area contributed by atoms with E-state index in [9.17, 15) is 14.4 Å². The predicted octanol–water partition coefficient (Wildman–Crippen LogP) is 2.19. The molecule has 2 amide bonds. The Labute approximate surface area is 152 Å². The van der Waals surface area contributed by atoms with Crippen molar-refractivity contribution in [2.75, 3.05) is 16.8 Å². The highest BCUT2D eigenvalue weighted by molar-refractivity contribution is 8.00. The Hall–Kier alpha value is -2.02. The number of hydrogen-bond donors (Lipinski definition) is 2. The third-order valence-corrected chi connectivity index (χ3v) is 4.62. The van der Waals surface area contributed by atoms with Crippen molar-refractivity contribution in [3.63, 3.8) is 0 Å². The van der Waals surface area contributed by atoms with Crippen molar-refractivity contribution < 1.29 is 19.1 Å². The first-order valence-electron chi connectivity index (χ1n) is 8.30. The molecule has 25 heavy (non-hydrogen) atoms. The molecule has 136 valence electrons. The van der Waals surface area contributed by atoms with E-state index in [1.54, 1.807) is 6.92 Å². The average Bonchev–Trinajstić information content (AvgIpc) is 3.34. The number of anilines is 1. The van der Waals surface area contributed by atoms with Crippen LogP contribution >= 0.6 is 11.8 Å². The van der Waals surface area contributed by atoms with E-state index in [4.69, 9.17) is 4.74 Å². The average molecular weight is 364 g/mol. The number of aryl methyl sites for hydroxylation is 2. The van der Waals surface area contributed by atoms with Gasteiger partial charge in [0, 0.05) is 11.7 Å². The molecule has 0 spiro atoms. The number of rotatable bonds is 8. The molecule has 1 aliphatic rings. The quantitative estimate of drug-likeness (QED) is 0.691. The van der Waals surface area contributed by atoms with E-state index in [-0.39, 0.29) is 29.4 Å². The fraction of sp³-hybridized carbons (Fsp3) is 0.500. The second-order valence-electron chi connectivity index (χ2n) is 6.27. The maximum atomic E-state index is 11.9. The molecule has 1 aromatic carbocycles. The molecule has 0 aromatic heterocycles. The number of ether oxygens (including phenoxy) is 1. The molecule has 1 saturated carbocycles. The van der Waals surface area contributed by atoms with E-state index >= 15 is 0 Å². The predicted molar refractivity (Wildman–Crippen MR) is 98.6 cm³/mol. The van der Waals surface area contributed by atoms with Gasteiger partial charge in [-0.1, -0.05) is 17.7 Å². The minimum Gasteiger partial charge on any atom is -0.452 e. The zero-order valence-electron chi connectivity index (χ0n) is 14.8. The number of esters is 1. The van der Waals surface area contributed by atoms with Crippen LogP contribution in [0.2, 0.25) is 0 Å². The van der Waals surface area contributed by atoms with Gasteiger partial charge in [0.25, 0.3) is 5.91 Å². The number of nitrogens with one attached hydrogen (secondary N) is 2. The highest BCUT2D eigenvalue weighted by Gasteiger charge is 2.27. The van der Waals surface area contributed by atoms with Crippen LogP contribution in [0, 0.1) is 13.8 Å².